The Hall–Kier alpha value is -2.50. The Kier molecular flexibility index (Phi) is 3.06. The first-order valence-electron chi connectivity index (χ1n) is 6.15. The fourth-order valence-corrected chi connectivity index (χ4v) is 2.17. The number of pyridine rings is 1. The molecule has 6 nitrogen and oxygen atoms in total. The van der Waals surface area contributed by atoms with E-state index in [9.17, 15) is 4.79 Å². The van der Waals surface area contributed by atoms with Crippen LogP contribution in [0, 0.1) is 0 Å². The molecule has 2 N–H and O–H groups in total. The second-order valence-electron chi connectivity index (χ2n) is 4.34. The lowest BCUT2D eigenvalue weighted by molar-refractivity contribution is 0.0949. The van der Waals surface area contributed by atoms with Gasteiger partial charge in [-0.05, 0) is 31.4 Å². The predicted octanol–water partition coefficient (Wildman–Crippen LogP) is 1.06. The van der Waals surface area contributed by atoms with E-state index in [0.717, 1.165) is 30.5 Å². The van der Waals surface area contributed by atoms with Crippen molar-refractivity contribution in [3.8, 4) is 0 Å². The molecule has 0 atom stereocenters. The smallest absolute Gasteiger partial charge is 0.281 e. The van der Waals surface area contributed by atoms with E-state index < -0.39 is 0 Å². The summed E-state index contributed by atoms with van der Waals surface area (Å²) in [5.41, 5.74) is 5.70. The Morgan fingerprint density at radius 3 is 3.21 bits per heavy atom. The highest BCUT2D eigenvalue weighted by molar-refractivity contribution is 5.94. The van der Waals surface area contributed by atoms with Gasteiger partial charge >= 0.3 is 0 Å². The van der Waals surface area contributed by atoms with E-state index in [0.29, 0.717) is 11.4 Å². The molecular formula is C13H13N5O. The highest BCUT2D eigenvalue weighted by atomic mass is 16.2. The molecule has 0 bridgehead atoms. The van der Waals surface area contributed by atoms with Gasteiger partial charge in [-0.15, -0.1) is 0 Å². The molecule has 0 unspecified atom stereocenters. The van der Waals surface area contributed by atoms with Crippen LogP contribution in [0.5, 0.6) is 0 Å². The number of aromatic amines is 1. The Labute approximate surface area is 110 Å². The Morgan fingerprint density at radius 2 is 2.37 bits per heavy atom. The number of carbonyl (C=O) groups excluding carboxylic acids is 1. The summed E-state index contributed by atoms with van der Waals surface area (Å²) in [6, 6.07) is 5.49. The van der Waals surface area contributed by atoms with Crippen LogP contribution >= 0.6 is 0 Å². The van der Waals surface area contributed by atoms with Crippen LogP contribution in [0.25, 0.3) is 0 Å². The van der Waals surface area contributed by atoms with Gasteiger partial charge in [0.05, 0.1) is 11.9 Å². The summed E-state index contributed by atoms with van der Waals surface area (Å²) < 4.78 is 0. The number of nitrogens with one attached hydrogen (secondary N) is 2. The molecule has 1 aliphatic carbocycles. The van der Waals surface area contributed by atoms with Gasteiger partial charge in [-0.3, -0.25) is 14.9 Å². The van der Waals surface area contributed by atoms with Gasteiger partial charge in [0.2, 0.25) is 0 Å². The van der Waals surface area contributed by atoms with Crippen LogP contribution in [0.1, 0.15) is 33.9 Å². The average Bonchev–Trinajstić information content (AvgIpc) is 3.02. The van der Waals surface area contributed by atoms with Crippen molar-refractivity contribution in [2.45, 2.75) is 19.3 Å². The topological polar surface area (TPSA) is 83.0 Å². The van der Waals surface area contributed by atoms with Crippen LogP contribution < -0.4 is 5.43 Å². The van der Waals surface area contributed by atoms with E-state index in [1.807, 2.05) is 18.2 Å². The number of rotatable bonds is 3. The SMILES string of the molecule is O=C(N/N=C/c1ccccn1)c1n[nH]c2c1CCC2. The van der Waals surface area contributed by atoms with Crippen molar-refractivity contribution in [2.24, 2.45) is 5.10 Å². The first-order valence-corrected chi connectivity index (χ1v) is 6.15. The molecule has 0 saturated heterocycles. The number of aromatic nitrogens is 3. The Balaban J connectivity index is 1.67. The van der Waals surface area contributed by atoms with Gasteiger partial charge in [-0.2, -0.15) is 10.2 Å². The van der Waals surface area contributed by atoms with Crippen molar-refractivity contribution in [1.29, 1.82) is 0 Å². The van der Waals surface area contributed by atoms with Gasteiger partial charge in [0.15, 0.2) is 5.69 Å². The number of hydrogen-bond acceptors (Lipinski definition) is 4. The summed E-state index contributed by atoms with van der Waals surface area (Å²) in [7, 11) is 0. The standard InChI is InChI=1S/C13H13N5O/c19-13(12-10-5-3-6-11(10)16-17-12)18-15-8-9-4-1-2-7-14-9/h1-2,4,7-8H,3,5-6H2,(H,16,17)(H,18,19)/b15-8+. The zero-order valence-electron chi connectivity index (χ0n) is 10.3. The second-order valence-corrected chi connectivity index (χ2v) is 4.34. The molecule has 0 saturated carbocycles. The summed E-state index contributed by atoms with van der Waals surface area (Å²) in [6.07, 6.45) is 6.11. The minimum Gasteiger partial charge on any atom is -0.281 e. The quantitative estimate of drug-likeness (QED) is 0.635. The predicted molar refractivity (Wildman–Crippen MR) is 69.9 cm³/mol. The molecular weight excluding hydrogens is 242 g/mol. The fraction of sp³-hybridized carbons (Fsp3) is 0.231. The molecule has 2 aromatic rings. The maximum atomic E-state index is 11.9. The number of hydrazone groups is 1. The lowest BCUT2D eigenvalue weighted by Crippen LogP contribution is -2.19. The maximum absolute atomic E-state index is 11.9. The van der Waals surface area contributed by atoms with E-state index in [2.05, 4.69) is 25.7 Å². The highest BCUT2D eigenvalue weighted by Crippen LogP contribution is 2.22. The fourth-order valence-electron chi connectivity index (χ4n) is 2.17. The van der Waals surface area contributed by atoms with Gasteiger partial charge in [-0.25, -0.2) is 5.43 Å². The third-order valence-corrected chi connectivity index (χ3v) is 3.07. The van der Waals surface area contributed by atoms with E-state index in [1.54, 1.807) is 6.20 Å². The molecule has 2 aromatic heterocycles. The van der Waals surface area contributed by atoms with E-state index in [1.165, 1.54) is 6.21 Å². The largest absolute Gasteiger partial charge is 0.292 e. The number of nitrogens with zero attached hydrogens (tertiary/aromatic N) is 3. The third kappa shape index (κ3) is 2.37. The first-order chi connectivity index (χ1) is 9.34. The van der Waals surface area contributed by atoms with Gasteiger partial charge in [-0.1, -0.05) is 6.07 Å². The normalized spacial score (nSPS) is 13.7. The van der Waals surface area contributed by atoms with Gasteiger partial charge in [0, 0.05) is 17.5 Å². The van der Waals surface area contributed by atoms with Crippen LogP contribution in [0.15, 0.2) is 29.5 Å². The summed E-state index contributed by atoms with van der Waals surface area (Å²) >= 11 is 0. The van der Waals surface area contributed by atoms with E-state index >= 15 is 0 Å². The van der Waals surface area contributed by atoms with Crippen molar-refractivity contribution in [1.82, 2.24) is 20.6 Å². The van der Waals surface area contributed by atoms with Crippen LogP contribution in [0.2, 0.25) is 0 Å². The maximum Gasteiger partial charge on any atom is 0.292 e. The number of hydrogen-bond donors (Lipinski definition) is 2. The lowest BCUT2D eigenvalue weighted by Gasteiger charge is -1.97. The van der Waals surface area contributed by atoms with Crippen LogP contribution in [-0.2, 0) is 12.8 Å². The van der Waals surface area contributed by atoms with Crippen molar-refractivity contribution in [3.63, 3.8) is 0 Å². The summed E-state index contributed by atoms with van der Waals surface area (Å²) in [5, 5.41) is 10.8. The Morgan fingerprint density at radius 1 is 1.42 bits per heavy atom. The van der Waals surface area contributed by atoms with Crippen LogP contribution in [-0.4, -0.2) is 27.3 Å². The average molecular weight is 255 g/mol. The van der Waals surface area contributed by atoms with Crippen molar-refractivity contribution in [2.75, 3.05) is 0 Å². The number of amides is 1. The molecule has 3 rings (SSSR count). The number of fused-ring (bicyclic) bond motifs is 1. The molecule has 1 aliphatic rings. The lowest BCUT2D eigenvalue weighted by atomic mass is 10.2. The van der Waals surface area contributed by atoms with Gasteiger partial charge < -0.3 is 0 Å². The zero-order chi connectivity index (χ0) is 13.1. The molecule has 0 spiro atoms. The minimum absolute atomic E-state index is 0.286. The van der Waals surface area contributed by atoms with Crippen LogP contribution in [0.3, 0.4) is 0 Å². The molecule has 6 heteroatoms. The zero-order valence-corrected chi connectivity index (χ0v) is 10.3. The summed E-state index contributed by atoms with van der Waals surface area (Å²) in [4.78, 5) is 16.0. The molecule has 0 radical (unpaired) electrons. The van der Waals surface area contributed by atoms with E-state index in [4.69, 9.17) is 0 Å². The number of carbonyl (C=O) groups is 1. The highest BCUT2D eigenvalue weighted by Gasteiger charge is 2.22. The van der Waals surface area contributed by atoms with Crippen LogP contribution in [0.4, 0.5) is 0 Å². The van der Waals surface area contributed by atoms with Crippen molar-refractivity contribution < 1.29 is 4.79 Å². The summed E-state index contributed by atoms with van der Waals surface area (Å²) in [5.74, 6) is -0.286. The molecule has 0 aliphatic heterocycles. The van der Waals surface area contributed by atoms with Gasteiger partial charge in [0.1, 0.15) is 0 Å². The molecule has 1 amide bonds. The van der Waals surface area contributed by atoms with Crippen molar-refractivity contribution in [3.05, 3.63) is 47.0 Å². The summed E-state index contributed by atoms with van der Waals surface area (Å²) in [6.45, 7) is 0. The number of aryl methyl sites for hydroxylation is 1. The first kappa shape index (κ1) is 11.6. The molecule has 19 heavy (non-hydrogen) atoms. The van der Waals surface area contributed by atoms with E-state index in [-0.39, 0.29) is 5.91 Å². The molecule has 0 fully saturated rings. The molecule has 96 valence electrons. The molecule has 0 aromatic carbocycles. The van der Waals surface area contributed by atoms with Crippen molar-refractivity contribution >= 4 is 12.1 Å². The third-order valence-electron chi connectivity index (χ3n) is 3.07. The molecule has 2 heterocycles. The Bertz CT molecular complexity index is 617. The monoisotopic (exact) mass is 255 g/mol. The minimum atomic E-state index is -0.286. The van der Waals surface area contributed by atoms with Gasteiger partial charge in [0.25, 0.3) is 5.91 Å². The second kappa shape index (κ2) is 5.01. The number of H-pyrrole nitrogens is 1.